The lowest BCUT2D eigenvalue weighted by molar-refractivity contribution is -0.119. The molecule has 0 radical (unpaired) electrons. The maximum absolute atomic E-state index is 12.0. The first-order valence-electron chi connectivity index (χ1n) is 8.39. The van der Waals surface area contributed by atoms with Crippen LogP contribution in [-0.2, 0) is 9.53 Å². The van der Waals surface area contributed by atoms with Crippen molar-refractivity contribution < 1.29 is 14.3 Å². The average Bonchev–Trinajstić information content (AvgIpc) is 2.72. The molecule has 0 bridgehead atoms. The third-order valence-corrected chi connectivity index (χ3v) is 3.96. The van der Waals surface area contributed by atoms with Gasteiger partial charge in [-0.2, -0.15) is 5.10 Å². The third-order valence-electron chi connectivity index (χ3n) is 3.96. The molecular formula is C21H19N3O3. The van der Waals surface area contributed by atoms with Crippen LogP contribution in [0.15, 0.2) is 71.8 Å². The van der Waals surface area contributed by atoms with Crippen LogP contribution in [0.25, 0.3) is 10.8 Å². The van der Waals surface area contributed by atoms with Crippen LogP contribution in [0.1, 0.15) is 15.9 Å². The predicted molar refractivity (Wildman–Crippen MR) is 106 cm³/mol. The fraction of sp³-hybridized carbons (Fsp3) is 0.0952. The number of hydrogen-bond donors (Lipinski definition) is 2. The van der Waals surface area contributed by atoms with E-state index in [1.54, 1.807) is 24.3 Å². The van der Waals surface area contributed by atoms with Crippen molar-refractivity contribution in [1.82, 2.24) is 5.43 Å². The van der Waals surface area contributed by atoms with E-state index in [0.29, 0.717) is 5.56 Å². The molecule has 0 saturated heterocycles. The van der Waals surface area contributed by atoms with Crippen LogP contribution in [0.3, 0.4) is 0 Å². The van der Waals surface area contributed by atoms with Crippen molar-refractivity contribution in [3.8, 4) is 0 Å². The van der Waals surface area contributed by atoms with Gasteiger partial charge in [-0.1, -0.05) is 48.5 Å². The summed E-state index contributed by atoms with van der Waals surface area (Å²) in [5, 5.41) is 9.22. The fourth-order valence-electron chi connectivity index (χ4n) is 2.60. The Morgan fingerprint density at radius 3 is 2.52 bits per heavy atom. The molecular weight excluding hydrogens is 342 g/mol. The number of nitrogens with one attached hydrogen (secondary N) is 2. The number of nitrogens with zero attached hydrogens (tertiary/aromatic N) is 1. The van der Waals surface area contributed by atoms with Crippen LogP contribution in [0.2, 0.25) is 0 Å². The Bertz CT molecular complexity index is 976. The Morgan fingerprint density at radius 2 is 1.74 bits per heavy atom. The van der Waals surface area contributed by atoms with E-state index in [2.05, 4.69) is 20.6 Å². The minimum atomic E-state index is -0.397. The van der Waals surface area contributed by atoms with Gasteiger partial charge in [-0.05, 0) is 29.1 Å². The Hall–Kier alpha value is -3.67. The number of hydrazone groups is 1. The number of anilines is 1. The van der Waals surface area contributed by atoms with Gasteiger partial charge in [0, 0.05) is 11.1 Å². The summed E-state index contributed by atoms with van der Waals surface area (Å²) in [5.74, 6) is -0.656. The number of methoxy groups -OCH3 is 1. The molecule has 0 fully saturated rings. The molecule has 3 rings (SSSR count). The molecule has 0 aromatic heterocycles. The number of carbonyl (C=O) groups excluding carboxylic acids is 2. The molecule has 0 saturated carbocycles. The summed E-state index contributed by atoms with van der Waals surface area (Å²) in [6.45, 7) is 0.104. The van der Waals surface area contributed by atoms with Crippen molar-refractivity contribution in [3.63, 3.8) is 0 Å². The summed E-state index contributed by atoms with van der Waals surface area (Å²) >= 11 is 0. The summed E-state index contributed by atoms with van der Waals surface area (Å²) in [6.07, 6.45) is 1.51. The number of benzene rings is 3. The summed E-state index contributed by atoms with van der Waals surface area (Å²) < 4.78 is 4.64. The number of hydrogen-bond acceptors (Lipinski definition) is 5. The predicted octanol–water partition coefficient (Wildman–Crippen LogP) is 3.19. The lowest BCUT2D eigenvalue weighted by Crippen LogP contribution is -2.25. The second-order valence-electron chi connectivity index (χ2n) is 5.79. The minimum Gasteiger partial charge on any atom is -0.465 e. The van der Waals surface area contributed by atoms with E-state index in [1.807, 2.05) is 42.5 Å². The van der Waals surface area contributed by atoms with Crippen molar-refractivity contribution >= 4 is 34.6 Å². The molecule has 0 spiro atoms. The first-order valence-corrected chi connectivity index (χ1v) is 8.39. The molecule has 0 aliphatic heterocycles. The second kappa shape index (κ2) is 8.62. The molecule has 0 aliphatic carbocycles. The maximum atomic E-state index is 12.0. The van der Waals surface area contributed by atoms with Gasteiger partial charge in [0.15, 0.2) is 0 Å². The standard InChI is InChI=1S/C21H19N3O3/c1-27-21(26)17-11-9-15(10-12-17)13-23-24-20(25)14-22-19-8-4-6-16-5-2-3-7-18(16)19/h2-13,22H,14H2,1H3,(H,24,25)/b23-13+. The van der Waals surface area contributed by atoms with Gasteiger partial charge in [-0.15, -0.1) is 0 Å². The number of fused-ring (bicyclic) bond motifs is 1. The molecule has 2 N–H and O–H groups in total. The van der Waals surface area contributed by atoms with Crippen LogP contribution in [0.5, 0.6) is 0 Å². The van der Waals surface area contributed by atoms with E-state index >= 15 is 0 Å². The average molecular weight is 361 g/mol. The first-order chi connectivity index (χ1) is 13.2. The van der Waals surface area contributed by atoms with E-state index in [4.69, 9.17) is 0 Å². The van der Waals surface area contributed by atoms with Gasteiger partial charge >= 0.3 is 5.97 Å². The number of esters is 1. The SMILES string of the molecule is COC(=O)c1ccc(/C=N/NC(=O)CNc2cccc3ccccc23)cc1. The Labute approximate surface area is 156 Å². The van der Waals surface area contributed by atoms with E-state index in [1.165, 1.54) is 13.3 Å². The molecule has 0 heterocycles. The molecule has 3 aromatic carbocycles. The van der Waals surface area contributed by atoms with Crippen molar-refractivity contribution in [2.45, 2.75) is 0 Å². The van der Waals surface area contributed by atoms with Crippen molar-refractivity contribution in [1.29, 1.82) is 0 Å². The van der Waals surface area contributed by atoms with E-state index in [0.717, 1.165) is 22.0 Å². The molecule has 27 heavy (non-hydrogen) atoms. The zero-order chi connectivity index (χ0) is 19.1. The normalized spacial score (nSPS) is 10.7. The highest BCUT2D eigenvalue weighted by Gasteiger charge is 2.04. The van der Waals surface area contributed by atoms with Crippen LogP contribution in [0.4, 0.5) is 5.69 Å². The van der Waals surface area contributed by atoms with Crippen molar-refractivity contribution in [3.05, 3.63) is 77.9 Å². The highest BCUT2D eigenvalue weighted by molar-refractivity contribution is 5.95. The van der Waals surface area contributed by atoms with E-state index in [-0.39, 0.29) is 12.5 Å². The van der Waals surface area contributed by atoms with Crippen LogP contribution >= 0.6 is 0 Å². The molecule has 3 aromatic rings. The highest BCUT2D eigenvalue weighted by atomic mass is 16.5. The van der Waals surface area contributed by atoms with Gasteiger partial charge in [0.2, 0.25) is 0 Å². The van der Waals surface area contributed by atoms with E-state index in [9.17, 15) is 9.59 Å². The third kappa shape index (κ3) is 4.70. The van der Waals surface area contributed by atoms with Gasteiger partial charge in [0.05, 0.1) is 25.4 Å². The zero-order valence-corrected chi connectivity index (χ0v) is 14.8. The number of ether oxygens (including phenoxy) is 1. The molecule has 136 valence electrons. The van der Waals surface area contributed by atoms with Gasteiger partial charge < -0.3 is 10.1 Å². The maximum Gasteiger partial charge on any atom is 0.337 e. The van der Waals surface area contributed by atoms with E-state index < -0.39 is 5.97 Å². The van der Waals surface area contributed by atoms with Gasteiger partial charge in [-0.25, -0.2) is 10.2 Å². The Kier molecular flexibility index (Phi) is 5.79. The topological polar surface area (TPSA) is 79.8 Å². The molecule has 0 atom stereocenters. The summed E-state index contributed by atoms with van der Waals surface area (Å²) in [5.41, 5.74) is 4.58. The zero-order valence-electron chi connectivity index (χ0n) is 14.8. The lowest BCUT2D eigenvalue weighted by atomic mass is 10.1. The van der Waals surface area contributed by atoms with Gasteiger partial charge in [-0.3, -0.25) is 4.79 Å². The number of rotatable bonds is 6. The van der Waals surface area contributed by atoms with Gasteiger partial charge in [0.25, 0.3) is 5.91 Å². The van der Waals surface area contributed by atoms with Crippen LogP contribution in [-0.4, -0.2) is 31.7 Å². The smallest absolute Gasteiger partial charge is 0.337 e. The highest BCUT2D eigenvalue weighted by Crippen LogP contribution is 2.22. The van der Waals surface area contributed by atoms with Crippen LogP contribution in [0, 0.1) is 0 Å². The Balaban J connectivity index is 1.53. The first kappa shape index (κ1) is 18.1. The largest absolute Gasteiger partial charge is 0.465 e. The second-order valence-corrected chi connectivity index (χ2v) is 5.79. The van der Waals surface area contributed by atoms with Crippen molar-refractivity contribution in [2.75, 3.05) is 19.0 Å². The number of carbonyl (C=O) groups is 2. The Morgan fingerprint density at radius 1 is 1.00 bits per heavy atom. The minimum absolute atomic E-state index is 0.104. The quantitative estimate of drug-likeness (QED) is 0.401. The molecule has 6 nitrogen and oxygen atoms in total. The number of amides is 1. The fourth-order valence-corrected chi connectivity index (χ4v) is 2.60. The van der Waals surface area contributed by atoms with Gasteiger partial charge in [0.1, 0.15) is 0 Å². The molecule has 6 heteroatoms. The molecule has 0 aliphatic rings. The summed E-state index contributed by atoms with van der Waals surface area (Å²) in [6, 6.07) is 20.6. The monoisotopic (exact) mass is 361 g/mol. The molecule has 1 amide bonds. The summed E-state index contributed by atoms with van der Waals surface area (Å²) in [4.78, 5) is 23.4. The molecule has 0 unspecified atom stereocenters. The van der Waals surface area contributed by atoms with Crippen LogP contribution < -0.4 is 10.7 Å². The summed E-state index contributed by atoms with van der Waals surface area (Å²) in [7, 11) is 1.33. The lowest BCUT2D eigenvalue weighted by Gasteiger charge is -2.08. The van der Waals surface area contributed by atoms with Crippen molar-refractivity contribution in [2.24, 2.45) is 5.10 Å².